The summed E-state index contributed by atoms with van der Waals surface area (Å²) in [5.74, 6) is 0. The fraction of sp³-hybridized carbons (Fsp3) is 1.00. The molecule has 0 unspecified atom stereocenters. The predicted molar refractivity (Wildman–Crippen MR) is 17.4 cm³/mol. The van der Waals surface area contributed by atoms with E-state index in [-0.39, 0.29) is 4.81 Å². The van der Waals surface area contributed by atoms with E-state index in [0.29, 0.717) is 0 Å². The zero-order chi connectivity index (χ0) is 4.62. The molecule has 0 aromatic rings. The van der Waals surface area contributed by atoms with Crippen molar-refractivity contribution in [3.63, 3.8) is 0 Å². The summed E-state index contributed by atoms with van der Waals surface area (Å²) >= 11 is 0. The van der Waals surface area contributed by atoms with Gasteiger partial charge in [0.1, 0.15) is 14.1 Å². The molecule has 1 heterocycles. The summed E-state index contributed by atoms with van der Waals surface area (Å²) in [5.41, 5.74) is 2.17. The maximum absolute atomic E-state index is 4.58. The SMILES string of the molecule is C[N+]1(C)ONO1. The van der Waals surface area contributed by atoms with E-state index in [1.807, 2.05) is 0 Å². The van der Waals surface area contributed by atoms with Gasteiger partial charge in [0.2, 0.25) is 0 Å². The Morgan fingerprint density at radius 2 is 1.67 bits per heavy atom. The lowest BCUT2D eigenvalue weighted by molar-refractivity contribution is -1.32. The van der Waals surface area contributed by atoms with Gasteiger partial charge in [0, 0.05) is 5.64 Å². The van der Waals surface area contributed by atoms with Crippen molar-refractivity contribution in [3.8, 4) is 0 Å². The minimum atomic E-state index is 0.139. The summed E-state index contributed by atoms with van der Waals surface area (Å²) in [5, 5.41) is 0. The Morgan fingerprint density at radius 1 is 1.33 bits per heavy atom. The monoisotopic (exact) mass is 91.1 g/mol. The molecule has 1 saturated heterocycles. The van der Waals surface area contributed by atoms with Crippen LogP contribution in [0.15, 0.2) is 0 Å². The van der Waals surface area contributed by atoms with Crippen LogP contribution in [-0.2, 0) is 9.88 Å². The highest BCUT2D eigenvalue weighted by molar-refractivity contribution is 3.74. The molecule has 0 atom stereocenters. The standard InChI is InChI=1S/C2H7N2O2/c1-4(2)5-3-6-4/h3H,1-2H3/q+1. The average Bonchev–Trinajstić information content (AvgIpc) is 1.32. The number of nitrogens with one attached hydrogen (secondary N) is 1. The molecule has 1 N–H and O–H groups in total. The third-order valence-corrected chi connectivity index (χ3v) is 0.514. The second kappa shape index (κ2) is 0.913. The molecule has 0 amide bonds. The highest BCUT2D eigenvalue weighted by Crippen LogP contribution is 2.03. The quantitative estimate of drug-likeness (QED) is 0.402. The van der Waals surface area contributed by atoms with Gasteiger partial charge in [0.15, 0.2) is 0 Å². The van der Waals surface area contributed by atoms with Gasteiger partial charge < -0.3 is 0 Å². The lowest BCUT2D eigenvalue weighted by Crippen LogP contribution is -2.57. The molecule has 0 bridgehead atoms. The molecule has 36 valence electrons. The maximum atomic E-state index is 4.58. The van der Waals surface area contributed by atoms with E-state index in [1.165, 1.54) is 0 Å². The van der Waals surface area contributed by atoms with Gasteiger partial charge in [-0.25, -0.2) is 0 Å². The van der Waals surface area contributed by atoms with Crippen LogP contribution in [0.1, 0.15) is 0 Å². The molecule has 0 radical (unpaired) electrons. The van der Waals surface area contributed by atoms with E-state index in [2.05, 4.69) is 15.5 Å². The van der Waals surface area contributed by atoms with Crippen LogP contribution >= 0.6 is 0 Å². The van der Waals surface area contributed by atoms with Crippen molar-refractivity contribution in [1.82, 2.24) is 5.64 Å². The predicted octanol–water partition coefficient (Wildman–Crippen LogP) is -0.641. The van der Waals surface area contributed by atoms with E-state index in [9.17, 15) is 0 Å². The summed E-state index contributed by atoms with van der Waals surface area (Å²) in [6, 6.07) is 0. The number of rotatable bonds is 0. The van der Waals surface area contributed by atoms with Crippen LogP contribution in [0, 0.1) is 0 Å². The Labute approximate surface area is 35.7 Å². The van der Waals surface area contributed by atoms with E-state index < -0.39 is 0 Å². The van der Waals surface area contributed by atoms with Crippen LogP contribution in [0.4, 0.5) is 0 Å². The van der Waals surface area contributed by atoms with Crippen LogP contribution in [0.5, 0.6) is 0 Å². The molecule has 0 aromatic carbocycles. The molecule has 0 aliphatic carbocycles. The smallest absolute Gasteiger partial charge is 0.0411 e. The van der Waals surface area contributed by atoms with Gasteiger partial charge in [-0.3, -0.25) is 0 Å². The summed E-state index contributed by atoms with van der Waals surface area (Å²) in [7, 11) is 3.52. The van der Waals surface area contributed by atoms with Crippen molar-refractivity contribution < 1.29 is 14.7 Å². The largest absolute Gasteiger partial charge is 0.136 e. The second-order valence-electron chi connectivity index (χ2n) is 1.52. The molecule has 4 heteroatoms. The molecule has 0 saturated carbocycles. The Balaban J connectivity index is 2.31. The first-order chi connectivity index (χ1) is 2.71. The Kier molecular flexibility index (Phi) is 0.611. The molecule has 6 heavy (non-hydrogen) atoms. The number of hydroxylamine groups is 4. The van der Waals surface area contributed by atoms with E-state index in [0.717, 1.165) is 0 Å². The van der Waals surface area contributed by atoms with Gasteiger partial charge >= 0.3 is 0 Å². The van der Waals surface area contributed by atoms with Crippen LogP contribution in [0.3, 0.4) is 0 Å². The van der Waals surface area contributed by atoms with Gasteiger partial charge in [-0.05, 0) is 14.7 Å². The van der Waals surface area contributed by atoms with E-state index in [4.69, 9.17) is 0 Å². The highest BCUT2D eigenvalue weighted by Gasteiger charge is 2.30. The number of nitrogens with zero attached hydrogens (tertiary/aromatic N) is 1. The van der Waals surface area contributed by atoms with Crippen molar-refractivity contribution in [2.75, 3.05) is 14.1 Å². The summed E-state index contributed by atoms with van der Waals surface area (Å²) in [4.78, 5) is 9.31. The van der Waals surface area contributed by atoms with Crippen LogP contribution in [0.25, 0.3) is 0 Å². The van der Waals surface area contributed by atoms with E-state index in [1.54, 1.807) is 14.1 Å². The van der Waals surface area contributed by atoms with Crippen molar-refractivity contribution in [2.45, 2.75) is 0 Å². The fourth-order valence-corrected chi connectivity index (χ4v) is 0.186. The summed E-state index contributed by atoms with van der Waals surface area (Å²) in [6.45, 7) is 0. The lowest BCUT2D eigenvalue weighted by Gasteiger charge is -2.28. The van der Waals surface area contributed by atoms with Gasteiger partial charge in [-0.2, -0.15) is 0 Å². The topological polar surface area (TPSA) is 30.5 Å². The third-order valence-electron chi connectivity index (χ3n) is 0.514. The molecular weight excluding hydrogens is 84.0 g/mol. The molecular formula is C2H7N2O2+. The molecule has 1 aliphatic heterocycles. The van der Waals surface area contributed by atoms with Crippen LogP contribution in [-0.4, -0.2) is 18.9 Å². The van der Waals surface area contributed by atoms with Crippen molar-refractivity contribution in [1.29, 1.82) is 0 Å². The molecule has 0 spiro atoms. The lowest BCUT2D eigenvalue weighted by atomic mass is 11.2. The Bertz CT molecular complexity index is 56.6. The minimum absolute atomic E-state index is 0.139. The normalized spacial score (nSPS) is 29.0. The Hall–Kier alpha value is -0.160. The fourth-order valence-electron chi connectivity index (χ4n) is 0.186. The number of hydrogen-bond acceptors (Lipinski definition) is 3. The molecule has 1 rings (SSSR count). The highest BCUT2D eigenvalue weighted by atomic mass is 17.3. The summed E-state index contributed by atoms with van der Waals surface area (Å²) < 4.78 is 0. The zero-order valence-corrected chi connectivity index (χ0v) is 3.76. The first-order valence-corrected chi connectivity index (χ1v) is 1.67. The van der Waals surface area contributed by atoms with Gasteiger partial charge in [-0.1, -0.05) is 0 Å². The molecule has 0 aromatic heterocycles. The van der Waals surface area contributed by atoms with Crippen molar-refractivity contribution >= 4 is 0 Å². The Morgan fingerprint density at radius 3 is 1.67 bits per heavy atom. The van der Waals surface area contributed by atoms with Gasteiger partial charge in [0.05, 0.1) is 0 Å². The van der Waals surface area contributed by atoms with Crippen molar-refractivity contribution in [2.24, 2.45) is 0 Å². The van der Waals surface area contributed by atoms with Crippen molar-refractivity contribution in [3.05, 3.63) is 0 Å². The minimum Gasteiger partial charge on any atom is -0.0411 e. The van der Waals surface area contributed by atoms with Crippen LogP contribution < -0.4 is 5.64 Å². The number of hydrogen-bond donors (Lipinski definition) is 1. The molecule has 4 nitrogen and oxygen atoms in total. The number of quaternary nitrogens is 1. The first-order valence-electron chi connectivity index (χ1n) is 1.67. The van der Waals surface area contributed by atoms with Crippen LogP contribution in [0.2, 0.25) is 0 Å². The zero-order valence-electron chi connectivity index (χ0n) is 3.76. The van der Waals surface area contributed by atoms with Gasteiger partial charge in [-0.15, -0.1) is 0 Å². The molecule has 1 fully saturated rings. The first kappa shape index (κ1) is 4.01. The summed E-state index contributed by atoms with van der Waals surface area (Å²) in [6.07, 6.45) is 0. The van der Waals surface area contributed by atoms with E-state index >= 15 is 0 Å². The molecule has 1 aliphatic rings. The third kappa shape index (κ3) is 0.504. The maximum Gasteiger partial charge on any atom is 0.136 e. The average molecular weight is 91.1 g/mol. The second-order valence-corrected chi connectivity index (χ2v) is 1.52. The van der Waals surface area contributed by atoms with Gasteiger partial charge in [0.25, 0.3) is 0 Å².